The molecule has 5 nitrogen and oxygen atoms in total. The smallest absolute Gasteiger partial charge is 0.247 e. The number of carbonyl (C=O) groups excluding carboxylic acids is 2. The lowest BCUT2D eigenvalue weighted by Crippen LogP contribution is -2.47. The van der Waals surface area contributed by atoms with Gasteiger partial charge in [0.25, 0.3) is 0 Å². The molecule has 1 aromatic rings. The summed E-state index contributed by atoms with van der Waals surface area (Å²) in [5, 5.41) is 0.202. The van der Waals surface area contributed by atoms with Gasteiger partial charge in [0.2, 0.25) is 11.8 Å². The van der Waals surface area contributed by atoms with Crippen LogP contribution in [-0.2, 0) is 14.3 Å². The third-order valence-electron chi connectivity index (χ3n) is 4.13. The summed E-state index contributed by atoms with van der Waals surface area (Å²) in [6.07, 6.45) is 0.245. The summed E-state index contributed by atoms with van der Waals surface area (Å²) in [7, 11) is 0. The summed E-state index contributed by atoms with van der Waals surface area (Å²) >= 11 is 18.8. The number of hydrogen-bond acceptors (Lipinski definition) is 5. The Hall–Kier alpha value is -0.860. The molecule has 0 bridgehead atoms. The molecule has 1 aromatic carbocycles. The van der Waals surface area contributed by atoms with E-state index >= 15 is 0 Å². The van der Waals surface area contributed by atoms with Crippen LogP contribution in [0.1, 0.15) is 20.3 Å². The maximum Gasteiger partial charge on any atom is 0.247 e. The minimum atomic E-state index is -0.541. The summed E-state index contributed by atoms with van der Waals surface area (Å²) in [4.78, 5) is 28.4. The number of morpholine rings is 1. The molecular weight excluding hydrogens is 415 g/mol. The van der Waals surface area contributed by atoms with E-state index in [1.807, 2.05) is 18.7 Å². The summed E-state index contributed by atoms with van der Waals surface area (Å²) in [6.45, 7) is 5.34. The highest BCUT2D eigenvalue weighted by molar-refractivity contribution is 8.23. The quantitative estimate of drug-likeness (QED) is 0.523. The summed E-state index contributed by atoms with van der Waals surface area (Å²) in [5.41, 5.74) is 0.389. The second-order valence-corrected chi connectivity index (χ2v) is 9.14. The molecule has 2 heterocycles. The van der Waals surface area contributed by atoms with E-state index in [4.69, 9.17) is 40.2 Å². The molecule has 0 N–H and O–H groups in total. The van der Waals surface area contributed by atoms with Gasteiger partial charge in [-0.25, -0.2) is 4.90 Å². The number of amides is 2. The van der Waals surface area contributed by atoms with Crippen molar-refractivity contribution in [3.63, 3.8) is 0 Å². The van der Waals surface area contributed by atoms with Crippen LogP contribution in [0.15, 0.2) is 18.2 Å². The average Bonchev–Trinajstić information content (AvgIpc) is 2.79. The summed E-state index contributed by atoms with van der Waals surface area (Å²) in [5.74, 6) is -0.576. The molecule has 0 saturated carbocycles. The Morgan fingerprint density at radius 1 is 1.15 bits per heavy atom. The predicted octanol–water partition coefficient (Wildman–Crippen LogP) is 3.75. The standard InChI is InChI=1S/C17H18Cl2N2O3S2/c1-9-7-20(8-10(2)24-9)17(25)26-14-6-15(22)21(16(14)23)13-4-11(18)3-12(19)5-13/h3-5,9-10,14H,6-8H2,1-2H3/t9-,10+,14-/m0/s1. The van der Waals surface area contributed by atoms with E-state index in [9.17, 15) is 9.59 Å². The van der Waals surface area contributed by atoms with Crippen LogP contribution in [0.4, 0.5) is 5.69 Å². The summed E-state index contributed by atoms with van der Waals surface area (Å²) < 4.78 is 6.32. The Balaban J connectivity index is 1.71. The molecular formula is C17H18Cl2N2O3S2. The fourth-order valence-corrected chi connectivity index (χ4v) is 5.14. The maximum atomic E-state index is 12.8. The van der Waals surface area contributed by atoms with Crippen molar-refractivity contribution in [3.05, 3.63) is 28.2 Å². The number of nitrogens with zero attached hydrogens (tertiary/aromatic N) is 2. The van der Waals surface area contributed by atoms with Crippen LogP contribution in [0.5, 0.6) is 0 Å². The fourth-order valence-electron chi connectivity index (χ4n) is 3.16. The molecule has 0 spiro atoms. The second-order valence-electron chi connectivity index (χ2n) is 6.43. The fraction of sp³-hybridized carbons (Fsp3) is 0.471. The Kier molecular flexibility index (Phi) is 6.14. The van der Waals surface area contributed by atoms with Gasteiger partial charge < -0.3 is 9.64 Å². The van der Waals surface area contributed by atoms with Crippen molar-refractivity contribution < 1.29 is 14.3 Å². The van der Waals surface area contributed by atoms with Crippen molar-refractivity contribution in [3.8, 4) is 0 Å². The van der Waals surface area contributed by atoms with E-state index in [0.29, 0.717) is 33.1 Å². The molecule has 9 heteroatoms. The number of thioether (sulfide) groups is 1. The van der Waals surface area contributed by atoms with Gasteiger partial charge in [0, 0.05) is 29.6 Å². The van der Waals surface area contributed by atoms with Crippen molar-refractivity contribution in [2.75, 3.05) is 18.0 Å². The first-order chi connectivity index (χ1) is 12.2. The molecule has 2 fully saturated rings. The number of imide groups is 1. The highest BCUT2D eigenvalue weighted by Crippen LogP contribution is 2.34. The first-order valence-electron chi connectivity index (χ1n) is 8.18. The molecule has 3 atom stereocenters. The van der Waals surface area contributed by atoms with Crippen LogP contribution in [0.25, 0.3) is 0 Å². The minimum absolute atomic E-state index is 0.0725. The van der Waals surface area contributed by atoms with E-state index in [1.54, 1.807) is 18.2 Å². The molecule has 0 aromatic heterocycles. The Bertz CT molecular complexity index is 731. The first kappa shape index (κ1) is 19.9. The van der Waals surface area contributed by atoms with E-state index in [2.05, 4.69) is 0 Å². The van der Waals surface area contributed by atoms with Crippen LogP contribution in [-0.4, -0.2) is 51.6 Å². The largest absolute Gasteiger partial charge is 0.372 e. The molecule has 2 saturated heterocycles. The van der Waals surface area contributed by atoms with Gasteiger partial charge in [-0.05, 0) is 32.0 Å². The maximum absolute atomic E-state index is 12.8. The Morgan fingerprint density at radius 2 is 1.73 bits per heavy atom. The number of benzene rings is 1. The molecule has 26 heavy (non-hydrogen) atoms. The molecule has 2 amide bonds. The minimum Gasteiger partial charge on any atom is -0.372 e. The van der Waals surface area contributed by atoms with Crippen molar-refractivity contribution in [1.82, 2.24) is 4.90 Å². The lowest BCUT2D eigenvalue weighted by molar-refractivity contribution is -0.121. The van der Waals surface area contributed by atoms with E-state index in [-0.39, 0.29) is 30.4 Å². The van der Waals surface area contributed by atoms with Gasteiger partial charge in [0.1, 0.15) is 9.57 Å². The highest BCUT2D eigenvalue weighted by atomic mass is 35.5. The molecule has 2 aliphatic rings. The van der Waals surface area contributed by atoms with Gasteiger partial charge in [0.05, 0.1) is 17.9 Å². The number of hydrogen-bond donors (Lipinski definition) is 0. The highest BCUT2D eigenvalue weighted by Gasteiger charge is 2.41. The Morgan fingerprint density at radius 3 is 2.31 bits per heavy atom. The van der Waals surface area contributed by atoms with Gasteiger partial charge in [-0.1, -0.05) is 47.2 Å². The SMILES string of the molecule is C[C@@H]1CN(C(=S)S[C@H]2CC(=O)N(c3cc(Cl)cc(Cl)c3)C2=O)C[C@H](C)O1. The molecule has 3 rings (SSSR count). The van der Waals surface area contributed by atoms with Gasteiger partial charge >= 0.3 is 0 Å². The third-order valence-corrected chi connectivity index (χ3v) is 6.23. The molecule has 0 radical (unpaired) electrons. The van der Waals surface area contributed by atoms with Crippen LogP contribution in [0.2, 0.25) is 10.0 Å². The van der Waals surface area contributed by atoms with Gasteiger partial charge in [-0.15, -0.1) is 0 Å². The number of anilines is 1. The summed E-state index contributed by atoms with van der Waals surface area (Å²) in [6, 6.07) is 4.67. The molecule has 0 aliphatic carbocycles. The lowest BCUT2D eigenvalue weighted by Gasteiger charge is -2.36. The predicted molar refractivity (Wildman–Crippen MR) is 109 cm³/mol. The zero-order valence-electron chi connectivity index (χ0n) is 14.3. The normalized spacial score (nSPS) is 26.5. The number of halogens is 2. The Labute approximate surface area is 171 Å². The lowest BCUT2D eigenvalue weighted by atomic mass is 10.2. The van der Waals surface area contributed by atoms with Crippen molar-refractivity contribution >= 4 is 69.0 Å². The first-order valence-corrected chi connectivity index (χ1v) is 10.2. The van der Waals surface area contributed by atoms with Gasteiger partial charge in [0.15, 0.2) is 0 Å². The zero-order valence-corrected chi connectivity index (χ0v) is 17.4. The van der Waals surface area contributed by atoms with Crippen molar-refractivity contribution in [2.45, 2.75) is 37.7 Å². The van der Waals surface area contributed by atoms with E-state index < -0.39 is 5.25 Å². The monoisotopic (exact) mass is 432 g/mol. The number of rotatable bonds is 2. The average molecular weight is 433 g/mol. The third kappa shape index (κ3) is 4.34. The van der Waals surface area contributed by atoms with Crippen LogP contribution < -0.4 is 4.90 Å². The van der Waals surface area contributed by atoms with Gasteiger partial charge in [-0.2, -0.15) is 0 Å². The van der Waals surface area contributed by atoms with E-state index in [0.717, 1.165) is 4.90 Å². The molecule has 0 unspecified atom stereocenters. The van der Waals surface area contributed by atoms with Gasteiger partial charge in [-0.3, -0.25) is 9.59 Å². The number of carbonyl (C=O) groups is 2. The molecule has 140 valence electrons. The topological polar surface area (TPSA) is 49.9 Å². The van der Waals surface area contributed by atoms with Crippen LogP contribution in [0.3, 0.4) is 0 Å². The molecule has 2 aliphatic heterocycles. The van der Waals surface area contributed by atoms with Crippen molar-refractivity contribution in [2.24, 2.45) is 0 Å². The number of thiocarbonyl (C=S) groups is 1. The number of ether oxygens (including phenoxy) is 1. The van der Waals surface area contributed by atoms with E-state index in [1.165, 1.54) is 11.8 Å². The van der Waals surface area contributed by atoms with Crippen LogP contribution in [0, 0.1) is 0 Å². The van der Waals surface area contributed by atoms with Crippen LogP contribution >= 0.6 is 47.2 Å². The zero-order chi connectivity index (χ0) is 19.0. The second kappa shape index (κ2) is 8.02. The van der Waals surface area contributed by atoms with Crippen molar-refractivity contribution in [1.29, 1.82) is 0 Å².